The van der Waals surface area contributed by atoms with Gasteiger partial charge < -0.3 is 10.1 Å². The molecule has 1 aromatic rings. The summed E-state index contributed by atoms with van der Waals surface area (Å²) in [6.45, 7) is 5.72. The molecule has 19 heavy (non-hydrogen) atoms. The number of carbonyl (C=O) groups is 1. The fraction of sp³-hybridized carbons (Fsp3) is 0.533. The highest BCUT2D eigenvalue weighted by Gasteiger charge is 2.10. The molecule has 0 aromatic heterocycles. The number of ether oxygens (including phenoxy) is 1. The number of amides is 1. The van der Waals surface area contributed by atoms with Gasteiger partial charge in [-0.05, 0) is 32.0 Å². The summed E-state index contributed by atoms with van der Waals surface area (Å²) in [5.41, 5.74) is 2.50. The molecule has 0 bridgehead atoms. The molecule has 0 saturated carbocycles. The molecule has 1 unspecified atom stereocenters. The van der Waals surface area contributed by atoms with Crippen molar-refractivity contribution in [1.82, 2.24) is 10.2 Å². The number of likely N-dealkylation sites (N-methyl/N-ethyl adjacent to an activating group) is 1. The van der Waals surface area contributed by atoms with Crippen molar-refractivity contribution in [3.05, 3.63) is 35.4 Å². The number of methoxy groups -OCH3 is 1. The summed E-state index contributed by atoms with van der Waals surface area (Å²) in [6, 6.07) is 8.28. The summed E-state index contributed by atoms with van der Waals surface area (Å²) < 4.78 is 4.99. The Bertz CT molecular complexity index is 407. The number of nitrogens with one attached hydrogen (secondary N) is 1. The van der Waals surface area contributed by atoms with E-state index in [0.29, 0.717) is 13.2 Å². The Labute approximate surface area is 115 Å². The van der Waals surface area contributed by atoms with Gasteiger partial charge in [-0.15, -0.1) is 0 Å². The maximum Gasteiger partial charge on any atom is 0.234 e. The van der Waals surface area contributed by atoms with E-state index in [9.17, 15) is 4.79 Å². The highest BCUT2D eigenvalue weighted by molar-refractivity contribution is 5.78. The van der Waals surface area contributed by atoms with Gasteiger partial charge in [0.15, 0.2) is 0 Å². The number of hydrogen-bond acceptors (Lipinski definition) is 3. The smallest absolute Gasteiger partial charge is 0.234 e. The van der Waals surface area contributed by atoms with Crippen LogP contribution in [0.4, 0.5) is 0 Å². The van der Waals surface area contributed by atoms with Gasteiger partial charge in [-0.3, -0.25) is 9.69 Å². The van der Waals surface area contributed by atoms with E-state index in [1.165, 1.54) is 11.1 Å². The van der Waals surface area contributed by atoms with Crippen LogP contribution in [0.15, 0.2) is 24.3 Å². The summed E-state index contributed by atoms with van der Waals surface area (Å²) >= 11 is 0. The fourth-order valence-electron chi connectivity index (χ4n) is 1.99. The Morgan fingerprint density at radius 1 is 1.42 bits per heavy atom. The van der Waals surface area contributed by atoms with Crippen LogP contribution in [0, 0.1) is 6.92 Å². The molecule has 0 fully saturated rings. The van der Waals surface area contributed by atoms with Crippen molar-refractivity contribution in [3.8, 4) is 0 Å². The van der Waals surface area contributed by atoms with Gasteiger partial charge in [0.2, 0.25) is 5.91 Å². The maximum absolute atomic E-state index is 11.8. The zero-order valence-corrected chi connectivity index (χ0v) is 12.3. The molecule has 4 nitrogen and oxygen atoms in total. The van der Waals surface area contributed by atoms with Crippen molar-refractivity contribution in [2.75, 3.05) is 27.3 Å². The van der Waals surface area contributed by atoms with Crippen molar-refractivity contribution in [1.29, 1.82) is 0 Å². The normalized spacial score (nSPS) is 12.5. The largest absolute Gasteiger partial charge is 0.383 e. The van der Waals surface area contributed by atoms with E-state index < -0.39 is 0 Å². The molecule has 1 atom stereocenters. The summed E-state index contributed by atoms with van der Waals surface area (Å²) in [4.78, 5) is 13.8. The topological polar surface area (TPSA) is 41.6 Å². The van der Waals surface area contributed by atoms with Crippen LogP contribution in [0.5, 0.6) is 0 Å². The highest BCUT2D eigenvalue weighted by atomic mass is 16.5. The predicted molar refractivity (Wildman–Crippen MR) is 77.0 cm³/mol. The third-order valence-electron chi connectivity index (χ3n) is 2.94. The van der Waals surface area contributed by atoms with E-state index in [1.807, 2.05) is 31.0 Å². The molecule has 0 heterocycles. The van der Waals surface area contributed by atoms with E-state index in [4.69, 9.17) is 4.74 Å². The standard InChI is InChI=1S/C15H24N2O2/c1-12-7-5-6-8-14(12)9-17(3)10-15(18)16-13(2)11-19-4/h5-8,13H,9-11H2,1-4H3,(H,16,18). The number of nitrogens with zero attached hydrogens (tertiary/aromatic N) is 1. The molecule has 1 aromatic carbocycles. The first-order valence-corrected chi connectivity index (χ1v) is 6.54. The first kappa shape index (κ1) is 15.7. The Kier molecular flexibility index (Phi) is 6.53. The minimum absolute atomic E-state index is 0.0284. The molecule has 0 aliphatic heterocycles. The second-order valence-corrected chi connectivity index (χ2v) is 5.02. The fourth-order valence-corrected chi connectivity index (χ4v) is 1.99. The molecule has 0 aliphatic carbocycles. The Morgan fingerprint density at radius 2 is 2.11 bits per heavy atom. The lowest BCUT2D eigenvalue weighted by atomic mass is 10.1. The number of aryl methyl sites for hydroxylation is 1. The van der Waals surface area contributed by atoms with E-state index in [2.05, 4.69) is 24.4 Å². The molecular formula is C15H24N2O2. The summed E-state index contributed by atoms with van der Waals surface area (Å²) in [6.07, 6.45) is 0. The highest BCUT2D eigenvalue weighted by Crippen LogP contribution is 2.09. The summed E-state index contributed by atoms with van der Waals surface area (Å²) in [5.74, 6) is 0.0284. The Balaban J connectivity index is 2.41. The zero-order chi connectivity index (χ0) is 14.3. The number of carbonyl (C=O) groups excluding carboxylic acids is 1. The molecular weight excluding hydrogens is 240 g/mol. The first-order valence-electron chi connectivity index (χ1n) is 6.54. The molecule has 1 rings (SSSR count). The third-order valence-corrected chi connectivity index (χ3v) is 2.94. The van der Waals surface area contributed by atoms with Gasteiger partial charge in [0.05, 0.1) is 13.2 Å². The monoisotopic (exact) mass is 264 g/mol. The van der Waals surface area contributed by atoms with Crippen molar-refractivity contribution in [2.24, 2.45) is 0 Å². The average molecular weight is 264 g/mol. The van der Waals surface area contributed by atoms with Crippen LogP contribution in [-0.4, -0.2) is 44.2 Å². The minimum Gasteiger partial charge on any atom is -0.383 e. The lowest BCUT2D eigenvalue weighted by molar-refractivity contribution is -0.123. The van der Waals surface area contributed by atoms with Crippen LogP contribution in [0.25, 0.3) is 0 Å². The van der Waals surface area contributed by atoms with E-state index in [1.54, 1.807) is 7.11 Å². The molecule has 0 spiro atoms. The van der Waals surface area contributed by atoms with Crippen LogP contribution >= 0.6 is 0 Å². The molecule has 0 radical (unpaired) electrons. The molecule has 1 N–H and O–H groups in total. The third kappa shape index (κ3) is 5.85. The van der Waals surface area contributed by atoms with Crippen molar-refractivity contribution in [2.45, 2.75) is 26.4 Å². The van der Waals surface area contributed by atoms with Crippen LogP contribution in [-0.2, 0) is 16.1 Å². The lowest BCUT2D eigenvalue weighted by Gasteiger charge is -2.19. The zero-order valence-electron chi connectivity index (χ0n) is 12.3. The van der Waals surface area contributed by atoms with Gasteiger partial charge in [-0.25, -0.2) is 0 Å². The van der Waals surface area contributed by atoms with E-state index >= 15 is 0 Å². The Morgan fingerprint density at radius 3 is 2.74 bits per heavy atom. The molecule has 0 aliphatic rings. The molecule has 4 heteroatoms. The molecule has 106 valence electrons. The number of rotatable bonds is 7. The number of hydrogen-bond donors (Lipinski definition) is 1. The van der Waals surface area contributed by atoms with Crippen LogP contribution in [0.1, 0.15) is 18.1 Å². The van der Waals surface area contributed by atoms with Crippen LogP contribution < -0.4 is 5.32 Å². The van der Waals surface area contributed by atoms with E-state index in [-0.39, 0.29) is 11.9 Å². The van der Waals surface area contributed by atoms with Gasteiger partial charge in [-0.1, -0.05) is 24.3 Å². The van der Waals surface area contributed by atoms with Gasteiger partial charge in [0.25, 0.3) is 0 Å². The van der Waals surface area contributed by atoms with Gasteiger partial charge in [-0.2, -0.15) is 0 Å². The van der Waals surface area contributed by atoms with Crippen molar-refractivity contribution >= 4 is 5.91 Å². The second-order valence-electron chi connectivity index (χ2n) is 5.02. The molecule has 0 saturated heterocycles. The SMILES string of the molecule is COCC(C)NC(=O)CN(C)Cc1ccccc1C. The summed E-state index contributed by atoms with van der Waals surface area (Å²) in [7, 11) is 3.58. The van der Waals surface area contributed by atoms with Crippen molar-refractivity contribution in [3.63, 3.8) is 0 Å². The van der Waals surface area contributed by atoms with E-state index in [0.717, 1.165) is 6.54 Å². The maximum atomic E-state index is 11.8. The quantitative estimate of drug-likeness (QED) is 0.813. The minimum atomic E-state index is 0.0284. The van der Waals surface area contributed by atoms with Gasteiger partial charge in [0, 0.05) is 19.7 Å². The van der Waals surface area contributed by atoms with Gasteiger partial charge in [0.1, 0.15) is 0 Å². The predicted octanol–water partition coefficient (Wildman–Crippen LogP) is 1.58. The lowest BCUT2D eigenvalue weighted by Crippen LogP contribution is -2.41. The Hall–Kier alpha value is -1.39. The summed E-state index contributed by atoms with van der Waals surface area (Å²) in [5, 5.41) is 2.91. The molecule has 1 amide bonds. The van der Waals surface area contributed by atoms with Gasteiger partial charge >= 0.3 is 0 Å². The number of benzene rings is 1. The van der Waals surface area contributed by atoms with Crippen LogP contribution in [0.3, 0.4) is 0 Å². The second kappa shape index (κ2) is 7.92. The van der Waals surface area contributed by atoms with Crippen molar-refractivity contribution < 1.29 is 9.53 Å². The average Bonchev–Trinajstić information content (AvgIpc) is 2.31. The first-order chi connectivity index (χ1) is 9.02. The van der Waals surface area contributed by atoms with Crippen LogP contribution in [0.2, 0.25) is 0 Å².